The Morgan fingerprint density at radius 2 is 1.92 bits per heavy atom. The van der Waals surface area contributed by atoms with Crippen molar-refractivity contribution in [1.29, 1.82) is 0 Å². The van der Waals surface area contributed by atoms with Crippen LogP contribution in [0.15, 0.2) is 17.3 Å². The Morgan fingerprint density at radius 1 is 1.29 bits per heavy atom. The van der Waals surface area contributed by atoms with E-state index in [4.69, 9.17) is 0 Å². The Labute approximate surface area is 141 Å². The first-order valence-corrected chi connectivity index (χ1v) is 8.48. The van der Waals surface area contributed by atoms with Gasteiger partial charge in [0.25, 0.3) is 0 Å². The van der Waals surface area contributed by atoms with Gasteiger partial charge >= 0.3 is 5.97 Å². The number of aliphatic carboxylic acids is 1. The maximum Gasteiger partial charge on any atom is 0.307 e. The first-order valence-electron chi connectivity index (χ1n) is 8.48. The van der Waals surface area contributed by atoms with Gasteiger partial charge in [0, 0.05) is 24.8 Å². The molecule has 1 aromatic rings. The maximum absolute atomic E-state index is 12.8. The number of carbonyl (C=O) groups excluding carboxylic acids is 1. The van der Waals surface area contributed by atoms with Crippen LogP contribution in [0, 0.1) is 30.6 Å². The number of carboxylic acid groups (broad SMARTS) is 1. The molecule has 2 aliphatic rings. The summed E-state index contributed by atoms with van der Waals surface area (Å²) in [5.74, 6) is -1.94. The van der Waals surface area contributed by atoms with E-state index in [1.807, 2.05) is 27.8 Å². The number of carbonyl (C=O) groups is 2. The molecule has 2 saturated carbocycles. The summed E-state index contributed by atoms with van der Waals surface area (Å²) < 4.78 is 1.76. The molecule has 0 aliphatic heterocycles. The molecule has 1 aromatic heterocycles. The molecule has 24 heavy (non-hydrogen) atoms. The number of fused-ring (bicyclic) bond motifs is 2. The number of aromatic nitrogens is 2. The molecule has 2 fully saturated rings. The fourth-order valence-electron chi connectivity index (χ4n) is 4.62. The van der Waals surface area contributed by atoms with E-state index in [-0.39, 0.29) is 17.7 Å². The van der Waals surface area contributed by atoms with Gasteiger partial charge in [-0.05, 0) is 45.4 Å². The van der Waals surface area contributed by atoms with Crippen molar-refractivity contribution in [2.45, 2.75) is 40.2 Å². The van der Waals surface area contributed by atoms with E-state index in [0.29, 0.717) is 6.54 Å². The summed E-state index contributed by atoms with van der Waals surface area (Å²) in [6.07, 6.45) is 3.54. The molecule has 6 nitrogen and oxygen atoms in total. The van der Waals surface area contributed by atoms with Crippen LogP contribution < -0.4 is 5.32 Å². The molecule has 2 aliphatic carbocycles. The third-order valence-electron chi connectivity index (χ3n) is 5.80. The summed E-state index contributed by atoms with van der Waals surface area (Å²) in [5, 5.41) is 16.8. The SMILES string of the molecule is CC(C)=C1[C@H]2CC[C@H]1[C@@H](C(=O)NCc1cnn(C)c1C)[C@@H]2C(=O)O. The molecule has 0 aromatic carbocycles. The fourth-order valence-corrected chi connectivity index (χ4v) is 4.62. The molecule has 0 saturated heterocycles. The lowest BCUT2D eigenvalue weighted by molar-refractivity contribution is -0.149. The summed E-state index contributed by atoms with van der Waals surface area (Å²) >= 11 is 0. The topological polar surface area (TPSA) is 84.2 Å². The Bertz CT molecular complexity index is 715. The molecule has 3 rings (SSSR count). The molecule has 0 spiro atoms. The van der Waals surface area contributed by atoms with E-state index in [9.17, 15) is 14.7 Å². The molecule has 2 bridgehead atoms. The number of nitrogens with one attached hydrogen (secondary N) is 1. The first-order chi connectivity index (χ1) is 11.3. The highest BCUT2D eigenvalue weighted by atomic mass is 16.4. The third-order valence-corrected chi connectivity index (χ3v) is 5.80. The van der Waals surface area contributed by atoms with Crippen LogP contribution in [0.1, 0.15) is 37.9 Å². The molecule has 0 radical (unpaired) electrons. The molecule has 1 amide bonds. The predicted molar refractivity (Wildman–Crippen MR) is 89.0 cm³/mol. The summed E-state index contributed by atoms with van der Waals surface area (Å²) in [6, 6.07) is 0. The van der Waals surface area contributed by atoms with Crippen LogP contribution >= 0.6 is 0 Å². The maximum atomic E-state index is 12.8. The fraction of sp³-hybridized carbons (Fsp3) is 0.611. The average Bonchev–Trinajstić information content (AvgIpc) is 3.18. The quantitative estimate of drug-likeness (QED) is 0.827. The van der Waals surface area contributed by atoms with Crippen LogP contribution in [0.3, 0.4) is 0 Å². The largest absolute Gasteiger partial charge is 0.481 e. The number of hydrogen-bond acceptors (Lipinski definition) is 3. The lowest BCUT2D eigenvalue weighted by Crippen LogP contribution is -2.41. The molecule has 2 N–H and O–H groups in total. The molecule has 1 heterocycles. The van der Waals surface area contributed by atoms with E-state index in [2.05, 4.69) is 10.4 Å². The normalized spacial score (nSPS) is 28.2. The van der Waals surface area contributed by atoms with Crippen LogP contribution in [0.25, 0.3) is 0 Å². The predicted octanol–water partition coefficient (Wildman–Crippen LogP) is 2.04. The van der Waals surface area contributed by atoms with Gasteiger partial charge < -0.3 is 10.4 Å². The minimum absolute atomic E-state index is 0.0216. The summed E-state index contributed by atoms with van der Waals surface area (Å²) in [4.78, 5) is 24.6. The molecule has 0 unspecified atom stereocenters. The Kier molecular flexibility index (Phi) is 4.24. The van der Waals surface area contributed by atoms with Crippen molar-refractivity contribution in [1.82, 2.24) is 15.1 Å². The third kappa shape index (κ3) is 2.54. The number of carboxylic acids is 1. The highest BCUT2D eigenvalue weighted by molar-refractivity contribution is 5.87. The standard InChI is InChI=1S/C18H25N3O3/c1-9(2)14-12-5-6-13(14)16(18(23)24)15(12)17(22)19-7-11-8-20-21(4)10(11)3/h8,12-13,15-16H,5-7H2,1-4H3,(H,19,22)(H,23,24)/t12-,13-,15-,16-/m1/s1. The van der Waals surface area contributed by atoms with Crippen molar-refractivity contribution in [3.8, 4) is 0 Å². The monoisotopic (exact) mass is 331 g/mol. The molecular formula is C18H25N3O3. The summed E-state index contributed by atoms with van der Waals surface area (Å²) in [7, 11) is 1.86. The second kappa shape index (κ2) is 6.07. The van der Waals surface area contributed by atoms with Crippen molar-refractivity contribution in [3.63, 3.8) is 0 Å². The van der Waals surface area contributed by atoms with Crippen LogP contribution in [0.5, 0.6) is 0 Å². The molecule has 6 heteroatoms. The highest BCUT2D eigenvalue weighted by Crippen LogP contribution is 2.57. The average molecular weight is 331 g/mol. The van der Waals surface area contributed by atoms with Gasteiger partial charge in [0.1, 0.15) is 0 Å². The Hall–Kier alpha value is -2.11. The zero-order chi connectivity index (χ0) is 17.6. The minimum atomic E-state index is -0.848. The van der Waals surface area contributed by atoms with Gasteiger partial charge in [-0.1, -0.05) is 11.1 Å². The van der Waals surface area contributed by atoms with Crippen LogP contribution in [0.4, 0.5) is 0 Å². The second-order valence-corrected chi connectivity index (χ2v) is 7.23. The smallest absolute Gasteiger partial charge is 0.307 e. The van der Waals surface area contributed by atoms with E-state index in [0.717, 1.165) is 24.1 Å². The molecule has 4 atom stereocenters. The highest BCUT2D eigenvalue weighted by Gasteiger charge is 2.57. The minimum Gasteiger partial charge on any atom is -0.481 e. The number of aryl methyl sites for hydroxylation is 1. The Balaban J connectivity index is 1.79. The van der Waals surface area contributed by atoms with Crippen molar-refractivity contribution >= 4 is 11.9 Å². The van der Waals surface area contributed by atoms with Crippen LogP contribution in [-0.2, 0) is 23.2 Å². The zero-order valence-corrected chi connectivity index (χ0v) is 14.7. The van der Waals surface area contributed by atoms with Crippen LogP contribution in [-0.4, -0.2) is 26.8 Å². The second-order valence-electron chi connectivity index (χ2n) is 7.23. The first kappa shape index (κ1) is 16.7. The number of allylic oxidation sites excluding steroid dienone is 2. The van der Waals surface area contributed by atoms with E-state index in [1.165, 1.54) is 11.1 Å². The number of hydrogen-bond donors (Lipinski definition) is 2. The van der Waals surface area contributed by atoms with Crippen molar-refractivity contribution < 1.29 is 14.7 Å². The number of nitrogens with zero attached hydrogens (tertiary/aromatic N) is 2. The molecule has 130 valence electrons. The van der Waals surface area contributed by atoms with E-state index < -0.39 is 17.8 Å². The lowest BCUT2D eigenvalue weighted by Gasteiger charge is -2.26. The van der Waals surface area contributed by atoms with Gasteiger partial charge in [0.2, 0.25) is 5.91 Å². The van der Waals surface area contributed by atoms with Crippen LogP contribution in [0.2, 0.25) is 0 Å². The lowest BCUT2D eigenvalue weighted by atomic mass is 9.78. The van der Waals surface area contributed by atoms with Gasteiger partial charge in [0.05, 0.1) is 18.0 Å². The summed E-state index contributed by atoms with van der Waals surface area (Å²) in [6.45, 7) is 6.40. The number of rotatable bonds is 4. The summed E-state index contributed by atoms with van der Waals surface area (Å²) in [5.41, 5.74) is 4.35. The van der Waals surface area contributed by atoms with Gasteiger partial charge in [0.15, 0.2) is 0 Å². The van der Waals surface area contributed by atoms with Gasteiger partial charge in [-0.3, -0.25) is 14.3 Å². The van der Waals surface area contributed by atoms with Gasteiger partial charge in [-0.15, -0.1) is 0 Å². The van der Waals surface area contributed by atoms with Crippen molar-refractivity contribution in [3.05, 3.63) is 28.6 Å². The Morgan fingerprint density at radius 3 is 2.42 bits per heavy atom. The van der Waals surface area contributed by atoms with E-state index in [1.54, 1.807) is 10.9 Å². The zero-order valence-electron chi connectivity index (χ0n) is 14.7. The number of amides is 1. The van der Waals surface area contributed by atoms with Crippen molar-refractivity contribution in [2.24, 2.45) is 30.7 Å². The van der Waals surface area contributed by atoms with Crippen molar-refractivity contribution in [2.75, 3.05) is 0 Å². The van der Waals surface area contributed by atoms with Gasteiger partial charge in [-0.2, -0.15) is 5.10 Å². The molecular weight excluding hydrogens is 306 g/mol. The van der Waals surface area contributed by atoms with E-state index >= 15 is 0 Å². The van der Waals surface area contributed by atoms with Gasteiger partial charge in [-0.25, -0.2) is 0 Å².